The number of nitrogens with one attached hydrogen (secondary N) is 4. The van der Waals surface area contributed by atoms with E-state index in [1.807, 2.05) is 12.1 Å². The number of aromatic nitrogens is 3. The van der Waals surface area contributed by atoms with E-state index in [1.165, 1.54) is 12.3 Å². The van der Waals surface area contributed by atoms with Crippen molar-refractivity contribution in [1.82, 2.24) is 20.1 Å². The number of hydrogen-bond donors (Lipinski definition) is 4. The zero-order valence-electron chi connectivity index (χ0n) is 23.9. The van der Waals surface area contributed by atoms with Crippen LogP contribution in [0.1, 0.15) is 23.2 Å². The van der Waals surface area contributed by atoms with Crippen LogP contribution in [0.4, 0.5) is 31.7 Å². The van der Waals surface area contributed by atoms with Crippen LogP contribution in [0.3, 0.4) is 0 Å². The van der Waals surface area contributed by atoms with Crippen LogP contribution in [-0.4, -0.2) is 86.9 Å². The molecule has 2 aromatic heterocycles. The van der Waals surface area contributed by atoms with Crippen LogP contribution < -0.4 is 20.3 Å². The van der Waals surface area contributed by atoms with Crippen LogP contribution in [0.5, 0.6) is 0 Å². The molecule has 15 heteroatoms. The average Bonchev–Trinajstić information content (AvgIpc) is 3.39. The molecule has 2 fully saturated rings. The van der Waals surface area contributed by atoms with Crippen LogP contribution in [0.2, 0.25) is 0 Å². The van der Waals surface area contributed by atoms with E-state index in [9.17, 15) is 22.0 Å². The minimum Gasteiger partial charge on any atom is -0.381 e. The lowest BCUT2D eigenvalue weighted by Crippen LogP contribution is -2.44. The molecule has 0 spiro atoms. The molecule has 2 aliphatic heterocycles. The van der Waals surface area contributed by atoms with E-state index in [-0.39, 0.29) is 17.5 Å². The molecule has 0 unspecified atom stereocenters. The number of pyridine rings is 1. The molecule has 0 saturated carbocycles. The zero-order chi connectivity index (χ0) is 30.8. The molecule has 0 atom stereocenters. The number of carbonyl (C=O) groups excluding carboxylic acids is 1. The summed E-state index contributed by atoms with van der Waals surface area (Å²) in [6.07, 6.45) is 2.86. The van der Waals surface area contributed by atoms with E-state index in [2.05, 4.69) is 47.4 Å². The fraction of sp³-hybridized carbons (Fsp3) is 0.345. The van der Waals surface area contributed by atoms with Gasteiger partial charge in [-0.15, -0.1) is 0 Å². The molecule has 12 nitrogen and oxygen atoms in total. The molecule has 2 aliphatic rings. The number of rotatable bonds is 8. The van der Waals surface area contributed by atoms with Crippen molar-refractivity contribution in [2.45, 2.75) is 23.8 Å². The van der Waals surface area contributed by atoms with Crippen LogP contribution in [0.15, 0.2) is 53.6 Å². The molecular weight excluding hydrogens is 594 g/mol. The number of fused-ring (bicyclic) bond motifs is 1. The standard InChI is InChI=1S/C29H32F2N8O4S/c1-38-6-8-39(9-7-38)22-2-3-24(26(16-22)33-20-4-10-43-11-5-20)29(40)34-28-25-15-21(17-32-27(25)35-36-28)37-44(41,42)23-13-18(30)12-19(31)14-23/h2-3,12-17,20,33,37H,4-11H2,1H3,(H2,32,34,35,36,40). The normalized spacial score (nSPS) is 16.7. The minimum atomic E-state index is -4.34. The van der Waals surface area contributed by atoms with Gasteiger partial charge < -0.3 is 25.2 Å². The number of ether oxygens (including phenoxy) is 1. The van der Waals surface area contributed by atoms with E-state index >= 15 is 0 Å². The van der Waals surface area contributed by atoms with Crippen molar-refractivity contribution in [3.8, 4) is 0 Å². The number of amides is 1. The van der Waals surface area contributed by atoms with Crippen molar-refractivity contribution in [2.75, 3.05) is 66.7 Å². The summed E-state index contributed by atoms with van der Waals surface area (Å²) in [5, 5.41) is 13.6. The fourth-order valence-electron chi connectivity index (χ4n) is 5.30. The minimum absolute atomic E-state index is 0.0115. The third-order valence-electron chi connectivity index (χ3n) is 7.74. The number of piperazine rings is 1. The molecule has 232 valence electrons. The molecule has 6 rings (SSSR count). The summed E-state index contributed by atoms with van der Waals surface area (Å²) in [5.41, 5.74) is 2.44. The van der Waals surface area contributed by atoms with Gasteiger partial charge in [0.1, 0.15) is 11.6 Å². The highest BCUT2D eigenvalue weighted by molar-refractivity contribution is 7.92. The summed E-state index contributed by atoms with van der Waals surface area (Å²) < 4.78 is 60.7. The topological polar surface area (TPSA) is 145 Å². The average molecular weight is 627 g/mol. The summed E-state index contributed by atoms with van der Waals surface area (Å²) in [5.74, 6) is -2.34. The van der Waals surface area contributed by atoms with Crippen molar-refractivity contribution in [3.63, 3.8) is 0 Å². The molecule has 4 N–H and O–H groups in total. The number of nitrogens with zero attached hydrogens (tertiary/aromatic N) is 4. The summed E-state index contributed by atoms with van der Waals surface area (Å²) in [4.78, 5) is 21.8. The number of aromatic amines is 1. The summed E-state index contributed by atoms with van der Waals surface area (Å²) in [6.45, 7) is 4.94. The van der Waals surface area contributed by atoms with Gasteiger partial charge in [-0.2, -0.15) is 5.10 Å². The van der Waals surface area contributed by atoms with Gasteiger partial charge in [0.15, 0.2) is 11.5 Å². The molecule has 44 heavy (non-hydrogen) atoms. The first-order valence-corrected chi connectivity index (χ1v) is 15.7. The molecule has 0 radical (unpaired) electrons. The lowest BCUT2D eigenvalue weighted by Gasteiger charge is -2.34. The molecule has 1 amide bonds. The lowest BCUT2D eigenvalue weighted by molar-refractivity contribution is 0.0904. The molecule has 0 bridgehead atoms. The summed E-state index contributed by atoms with van der Waals surface area (Å²) in [7, 11) is -2.24. The predicted octanol–water partition coefficient (Wildman–Crippen LogP) is 3.63. The predicted molar refractivity (Wildman–Crippen MR) is 163 cm³/mol. The Hall–Kier alpha value is -4.34. The maximum atomic E-state index is 13.7. The number of likely N-dealkylation sites (N-methyl/N-ethyl adjacent to an activating group) is 1. The number of halogens is 2. The Bertz CT molecular complexity index is 1770. The number of hydrogen-bond acceptors (Lipinski definition) is 9. The number of benzene rings is 2. The van der Waals surface area contributed by atoms with E-state index < -0.39 is 32.5 Å². The molecule has 4 aromatic rings. The highest BCUT2D eigenvalue weighted by atomic mass is 32.2. The van der Waals surface area contributed by atoms with Crippen molar-refractivity contribution < 1.29 is 26.7 Å². The highest BCUT2D eigenvalue weighted by Crippen LogP contribution is 2.29. The second-order valence-electron chi connectivity index (χ2n) is 10.9. The molecular formula is C29H32F2N8O4S. The van der Waals surface area contributed by atoms with Gasteiger partial charge in [0, 0.05) is 62.9 Å². The second-order valence-corrected chi connectivity index (χ2v) is 12.6. The molecule has 2 saturated heterocycles. The van der Waals surface area contributed by atoms with Gasteiger partial charge >= 0.3 is 0 Å². The van der Waals surface area contributed by atoms with Crippen molar-refractivity contribution in [1.29, 1.82) is 0 Å². The fourth-order valence-corrected chi connectivity index (χ4v) is 6.38. The van der Waals surface area contributed by atoms with Gasteiger partial charge in [-0.3, -0.25) is 14.6 Å². The lowest BCUT2D eigenvalue weighted by atomic mass is 10.1. The van der Waals surface area contributed by atoms with Gasteiger partial charge in [-0.1, -0.05) is 0 Å². The highest BCUT2D eigenvalue weighted by Gasteiger charge is 2.23. The van der Waals surface area contributed by atoms with Gasteiger partial charge in [0.05, 0.1) is 27.7 Å². The number of H-pyrrole nitrogens is 1. The Balaban J connectivity index is 1.25. The molecule has 2 aromatic carbocycles. The maximum Gasteiger partial charge on any atom is 0.262 e. The Kier molecular flexibility index (Phi) is 8.33. The van der Waals surface area contributed by atoms with Crippen molar-refractivity contribution in [2.24, 2.45) is 0 Å². The Morgan fingerprint density at radius 3 is 2.48 bits per heavy atom. The molecule has 0 aliphatic carbocycles. The smallest absolute Gasteiger partial charge is 0.262 e. The van der Waals surface area contributed by atoms with Crippen LogP contribution in [0.25, 0.3) is 11.0 Å². The van der Waals surface area contributed by atoms with Gasteiger partial charge in [-0.25, -0.2) is 22.2 Å². The van der Waals surface area contributed by atoms with Crippen molar-refractivity contribution in [3.05, 3.63) is 65.9 Å². The largest absolute Gasteiger partial charge is 0.381 e. The second kappa shape index (κ2) is 12.3. The van der Waals surface area contributed by atoms with E-state index in [0.717, 1.165) is 44.7 Å². The molecule has 4 heterocycles. The maximum absolute atomic E-state index is 13.7. The summed E-state index contributed by atoms with van der Waals surface area (Å²) in [6, 6.07) is 9.29. The summed E-state index contributed by atoms with van der Waals surface area (Å²) >= 11 is 0. The Labute approximate surface area is 252 Å². The van der Waals surface area contributed by atoms with Gasteiger partial charge in [-0.05, 0) is 56.3 Å². The number of sulfonamides is 1. The number of anilines is 4. The van der Waals surface area contributed by atoms with Crippen LogP contribution in [-0.2, 0) is 14.8 Å². The zero-order valence-corrected chi connectivity index (χ0v) is 24.8. The van der Waals surface area contributed by atoms with Gasteiger partial charge in [0.25, 0.3) is 15.9 Å². The number of carbonyl (C=O) groups is 1. The van der Waals surface area contributed by atoms with Gasteiger partial charge in [0.2, 0.25) is 0 Å². The van der Waals surface area contributed by atoms with Crippen molar-refractivity contribution >= 4 is 49.8 Å². The van der Waals surface area contributed by atoms with Crippen LogP contribution in [0, 0.1) is 11.6 Å². The first-order valence-electron chi connectivity index (χ1n) is 14.2. The SMILES string of the molecule is CN1CCN(c2ccc(C(=O)Nc3n[nH]c4ncc(NS(=O)(=O)c5cc(F)cc(F)c5)cc34)c(NC3CCOCC3)c2)CC1. The van der Waals surface area contributed by atoms with E-state index in [4.69, 9.17) is 4.74 Å². The third-order valence-corrected chi connectivity index (χ3v) is 9.10. The quantitative estimate of drug-likeness (QED) is 0.230. The van der Waals surface area contributed by atoms with E-state index in [1.54, 1.807) is 6.07 Å². The van der Waals surface area contributed by atoms with Crippen LogP contribution >= 0.6 is 0 Å². The first kappa shape index (κ1) is 29.7. The Morgan fingerprint density at radius 1 is 1.02 bits per heavy atom. The monoisotopic (exact) mass is 626 g/mol. The van der Waals surface area contributed by atoms with E-state index in [0.29, 0.717) is 53.7 Å². The third kappa shape index (κ3) is 6.59. The first-order chi connectivity index (χ1) is 21.1. The Morgan fingerprint density at radius 2 is 1.75 bits per heavy atom.